The van der Waals surface area contributed by atoms with E-state index in [0.29, 0.717) is 11.8 Å². The summed E-state index contributed by atoms with van der Waals surface area (Å²) in [6.45, 7) is 0. The molecule has 1 N–H and O–H groups in total. The van der Waals surface area contributed by atoms with Gasteiger partial charge in [0.1, 0.15) is 0 Å². The first-order valence-corrected chi connectivity index (χ1v) is 6.24. The molecule has 0 aliphatic heterocycles. The second-order valence-electron chi connectivity index (χ2n) is 5.84. The van der Waals surface area contributed by atoms with Crippen LogP contribution in [-0.2, 0) is 9.53 Å². The number of rotatable bonds is 3. The fraction of sp³-hybridized carbons (Fsp3) is 0.917. The molecule has 0 atom stereocenters. The third-order valence-electron chi connectivity index (χ3n) is 4.67. The Morgan fingerprint density at radius 2 is 1.53 bits per heavy atom. The number of halogens is 2. The van der Waals surface area contributed by atoms with Gasteiger partial charge in [0.15, 0.2) is 0 Å². The summed E-state index contributed by atoms with van der Waals surface area (Å²) >= 11 is 0. The van der Waals surface area contributed by atoms with Crippen molar-refractivity contribution in [3.05, 3.63) is 0 Å². The Morgan fingerprint density at radius 3 is 1.94 bits per heavy atom. The normalized spacial score (nSPS) is 44.0. The van der Waals surface area contributed by atoms with Crippen molar-refractivity contribution in [3.63, 3.8) is 0 Å². The predicted molar refractivity (Wildman–Crippen MR) is 54.5 cm³/mol. The molecular weight excluding hydrogens is 230 g/mol. The van der Waals surface area contributed by atoms with Gasteiger partial charge in [-0.1, -0.05) is 0 Å². The van der Waals surface area contributed by atoms with E-state index in [1.165, 1.54) is 6.42 Å². The van der Waals surface area contributed by atoms with Crippen molar-refractivity contribution in [3.8, 4) is 0 Å². The molecule has 0 unspecified atom stereocenters. The smallest absolute Gasteiger partial charge is 0.456 e. The lowest BCUT2D eigenvalue weighted by atomic mass is 9.55. The van der Waals surface area contributed by atoms with Crippen molar-refractivity contribution in [1.82, 2.24) is 0 Å². The molecule has 0 amide bonds. The molecule has 4 rings (SSSR count). The van der Waals surface area contributed by atoms with Gasteiger partial charge in [-0.05, 0) is 55.8 Å². The van der Waals surface area contributed by atoms with Crippen molar-refractivity contribution < 1.29 is 23.4 Å². The van der Waals surface area contributed by atoms with E-state index in [1.54, 1.807) is 0 Å². The third-order valence-corrected chi connectivity index (χ3v) is 4.67. The van der Waals surface area contributed by atoms with Crippen LogP contribution in [0.25, 0.3) is 0 Å². The number of carboxylic acids is 1. The van der Waals surface area contributed by atoms with Crippen LogP contribution in [0.2, 0.25) is 0 Å². The molecule has 0 aromatic rings. The van der Waals surface area contributed by atoms with E-state index in [4.69, 9.17) is 5.11 Å². The molecule has 4 aliphatic rings. The third kappa shape index (κ3) is 1.84. The summed E-state index contributed by atoms with van der Waals surface area (Å²) in [6, 6.07) is 0. The van der Waals surface area contributed by atoms with Gasteiger partial charge in [0.25, 0.3) is 0 Å². The second kappa shape index (κ2) is 3.64. The summed E-state index contributed by atoms with van der Waals surface area (Å²) in [5.74, 6) is -0.550. The van der Waals surface area contributed by atoms with Gasteiger partial charge in [-0.25, -0.2) is 4.79 Å². The minimum atomic E-state index is -4.03. The molecule has 96 valence electrons. The van der Waals surface area contributed by atoms with Crippen molar-refractivity contribution in [2.45, 2.75) is 44.3 Å². The van der Waals surface area contributed by atoms with E-state index in [0.717, 1.165) is 25.7 Å². The van der Waals surface area contributed by atoms with E-state index in [2.05, 4.69) is 4.74 Å². The highest BCUT2D eigenvalue weighted by Crippen LogP contribution is 2.55. The van der Waals surface area contributed by atoms with Crippen LogP contribution in [0, 0.1) is 23.7 Å². The molecule has 17 heavy (non-hydrogen) atoms. The summed E-state index contributed by atoms with van der Waals surface area (Å²) in [5.41, 5.74) is 0. The van der Waals surface area contributed by atoms with Crippen molar-refractivity contribution in [1.29, 1.82) is 0 Å². The molecular formula is C12H16F2O3. The van der Waals surface area contributed by atoms with Crippen LogP contribution < -0.4 is 0 Å². The molecule has 0 saturated heterocycles. The summed E-state index contributed by atoms with van der Waals surface area (Å²) in [7, 11) is 0. The molecule has 0 aromatic heterocycles. The van der Waals surface area contributed by atoms with Crippen molar-refractivity contribution >= 4 is 5.97 Å². The molecule has 0 spiro atoms. The fourth-order valence-corrected chi connectivity index (χ4v) is 4.29. The molecule has 4 bridgehead atoms. The van der Waals surface area contributed by atoms with Gasteiger partial charge in [-0.15, -0.1) is 0 Å². The second-order valence-corrected chi connectivity index (χ2v) is 5.84. The molecule has 0 radical (unpaired) electrons. The van der Waals surface area contributed by atoms with Gasteiger partial charge in [-0.3, -0.25) is 0 Å². The minimum absolute atomic E-state index is 0.150. The SMILES string of the molecule is O=C(O)C(F)(F)OC1C2CC3CC(C2)CC1C3. The van der Waals surface area contributed by atoms with E-state index >= 15 is 0 Å². The van der Waals surface area contributed by atoms with Gasteiger partial charge in [0, 0.05) is 0 Å². The first-order valence-electron chi connectivity index (χ1n) is 6.24. The monoisotopic (exact) mass is 246 g/mol. The van der Waals surface area contributed by atoms with Crippen LogP contribution in [0.3, 0.4) is 0 Å². The number of hydrogen-bond donors (Lipinski definition) is 1. The number of carbonyl (C=O) groups is 1. The Kier molecular flexibility index (Phi) is 2.44. The van der Waals surface area contributed by atoms with Gasteiger partial charge >= 0.3 is 12.1 Å². The van der Waals surface area contributed by atoms with Crippen molar-refractivity contribution in [2.24, 2.45) is 23.7 Å². The number of hydrogen-bond acceptors (Lipinski definition) is 2. The molecule has 4 fully saturated rings. The van der Waals surface area contributed by atoms with Crippen LogP contribution >= 0.6 is 0 Å². The van der Waals surface area contributed by atoms with E-state index in [1.807, 2.05) is 0 Å². The molecule has 0 heterocycles. The Labute approximate surface area is 98.1 Å². The lowest BCUT2D eigenvalue weighted by Crippen LogP contribution is -2.52. The summed E-state index contributed by atoms with van der Waals surface area (Å²) in [4.78, 5) is 10.4. The van der Waals surface area contributed by atoms with Gasteiger partial charge in [0.05, 0.1) is 6.10 Å². The van der Waals surface area contributed by atoms with Gasteiger partial charge in [0.2, 0.25) is 0 Å². The first-order chi connectivity index (χ1) is 7.95. The van der Waals surface area contributed by atoms with E-state index in [9.17, 15) is 13.6 Å². The molecule has 4 saturated carbocycles. The zero-order valence-corrected chi connectivity index (χ0v) is 9.44. The molecule has 5 heteroatoms. The standard InChI is InChI=1S/C12H16F2O3/c13-12(14,11(15)16)17-10-8-2-6-1-7(4-8)5-9(10)3-6/h6-10H,1-5H2,(H,15,16). The van der Waals surface area contributed by atoms with Crippen LogP contribution in [-0.4, -0.2) is 23.3 Å². The number of carboxylic acid groups (broad SMARTS) is 1. The zero-order chi connectivity index (χ0) is 12.2. The largest absolute Gasteiger partial charge is 0.475 e. The Hall–Kier alpha value is -0.710. The summed E-state index contributed by atoms with van der Waals surface area (Å²) in [5, 5.41) is 8.42. The van der Waals surface area contributed by atoms with Crippen LogP contribution in [0.4, 0.5) is 8.78 Å². The number of aliphatic carboxylic acids is 1. The Morgan fingerprint density at radius 1 is 1.06 bits per heavy atom. The average molecular weight is 246 g/mol. The van der Waals surface area contributed by atoms with Crippen LogP contribution in [0.15, 0.2) is 0 Å². The lowest BCUT2D eigenvalue weighted by Gasteiger charge is -2.54. The highest BCUT2D eigenvalue weighted by Gasteiger charge is 2.53. The first kappa shape index (κ1) is 11.4. The molecule has 0 aromatic carbocycles. The Bertz CT molecular complexity index is 315. The maximum atomic E-state index is 13.1. The van der Waals surface area contributed by atoms with Crippen LogP contribution in [0.1, 0.15) is 32.1 Å². The van der Waals surface area contributed by atoms with Crippen molar-refractivity contribution in [2.75, 3.05) is 0 Å². The highest BCUT2D eigenvalue weighted by atomic mass is 19.3. The predicted octanol–water partition coefficient (Wildman–Crippen LogP) is 2.51. The minimum Gasteiger partial charge on any atom is -0.475 e. The Balaban J connectivity index is 1.74. The van der Waals surface area contributed by atoms with E-state index in [-0.39, 0.29) is 11.8 Å². The fourth-order valence-electron chi connectivity index (χ4n) is 4.29. The summed E-state index contributed by atoms with van der Waals surface area (Å²) in [6.07, 6.45) is 0.408. The van der Waals surface area contributed by atoms with Crippen LogP contribution in [0.5, 0.6) is 0 Å². The average Bonchev–Trinajstić information content (AvgIpc) is 2.22. The lowest BCUT2D eigenvalue weighted by molar-refractivity contribution is -0.291. The number of ether oxygens (including phenoxy) is 1. The van der Waals surface area contributed by atoms with E-state index < -0.39 is 18.2 Å². The topological polar surface area (TPSA) is 46.5 Å². The number of alkyl halides is 2. The maximum Gasteiger partial charge on any atom is 0.456 e. The molecule has 4 aliphatic carbocycles. The maximum absolute atomic E-state index is 13.1. The zero-order valence-electron chi connectivity index (χ0n) is 9.44. The molecule has 3 nitrogen and oxygen atoms in total. The highest BCUT2D eigenvalue weighted by molar-refractivity contribution is 5.73. The van der Waals surface area contributed by atoms with Gasteiger partial charge in [-0.2, -0.15) is 8.78 Å². The van der Waals surface area contributed by atoms with Gasteiger partial charge < -0.3 is 9.84 Å². The summed E-state index contributed by atoms with van der Waals surface area (Å²) < 4.78 is 30.9. The quantitative estimate of drug-likeness (QED) is 0.832.